The van der Waals surface area contributed by atoms with Gasteiger partial charge in [-0.1, -0.05) is 19.1 Å². The number of hydrogen-bond acceptors (Lipinski definition) is 3. The molecule has 0 bridgehead atoms. The zero-order valence-electron chi connectivity index (χ0n) is 12.3. The Hall–Kier alpha value is -1.75. The average molecular weight is 301 g/mol. The van der Waals surface area contributed by atoms with Crippen molar-refractivity contribution in [2.45, 2.75) is 36.5 Å². The molecule has 2 atom stereocenters. The Morgan fingerprint density at radius 2 is 2.19 bits per heavy atom. The van der Waals surface area contributed by atoms with Gasteiger partial charge in [0, 0.05) is 29.1 Å². The summed E-state index contributed by atoms with van der Waals surface area (Å²) in [7, 11) is 0. The van der Waals surface area contributed by atoms with Crippen LogP contribution in [0.3, 0.4) is 0 Å². The molecule has 0 fully saturated rings. The number of hydrogen-bond donors (Lipinski definition) is 0. The van der Waals surface area contributed by atoms with Gasteiger partial charge >= 0.3 is 0 Å². The van der Waals surface area contributed by atoms with Crippen LogP contribution in [-0.2, 0) is 4.79 Å². The van der Waals surface area contributed by atoms with Gasteiger partial charge in [-0.05, 0) is 31.5 Å². The molecule has 1 aromatic carbocycles. The van der Waals surface area contributed by atoms with E-state index >= 15 is 0 Å². The molecule has 21 heavy (non-hydrogen) atoms. The van der Waals surface area contributed by atoms with Gasteiger partial charge in [-0.25, -0.2) is 0 Å². The first kappa shape index (κ1) is 14.2. The van der Waals surface area contributed by atoms with E-state index < -0.39 is 0 Å². The molecule has 0 aliphatic carbocycles. The minimum Gasteiger partial charge on any atom is -0.309 e. The maximum absolute atomic E-state index is 12.9. The predicted octanol–water partition coefficient (Wildman–Crippen LogP) is 3.36. The van der Waals surface area contributed by atoms with Gasteiger partial charge in [0.15, 0.2) is 0 Å². The number of thioether (sulfide) groups is 1. The van der Waals surface area contributed by atoms with E-state index in [0.717, 1.165) is 18.7 Å². The lowest BCUT2D eigenvalue weighted by atomic mass is 10.2. The third-order valence-corrected chi connectivity index (χ3v) is 5.03. The fourth-order valence-electron chi connectivity index (χ4n) is 2.56. The van der Waals surface area contributed by atoms with Crippen LogP contribution in [-0.4, -0.2) is 27.5 Å². The van der Waals surface area contributed by atoms with Crippen LogP contribution in [0.2, 0.25) is 0 Å². The molecule has 0 spiro atoms. The lowest BCUT2D eigenvalue weighted by Gasteiger charge is -2.25. The fourth-order valence-corrected chi connectivity index (χ4v) is 3.68. The first-order chi connectivity index (χ1) is 10.2. The van der Waals surface area contributed by atoms with Gasteiger partial charge in [-0.2, -0.15) is 5.10 Å². The van der Waals surface area contributed by atoms with Crippen LogP contribution in [0.4, 0.5) is 5.69 Å². The van der Waals surface area contributed by atoms with Crippen molar-refractivity contribution in [3.05, 3.63) is 42.7 Å². The summed E-state index contributed by atoms with van der Waals surface area (Å²) in [4.78, 5) is 16.0. The van der Waals surface area contributed by atoms with E-state index in [0.29, 0.717) is 5.25 Å². The Morgan fingerprint density at radius 3 is 2.95 bits per heavy atom. The molecule has 0 radical (unpaired) electrons. The summed E-state index contributed by atoms with van der Waals surface area (Å²) in [5, 5.41) is 4.71. The number of carbonyl (C=O) groups is 1. The molecular formula is C16H19N3OS. The number of amides is 1. The molecule has 0 saturated heterocycles. The van der Waals surface area contributed by atoms with Gasteiger partial charge in [-0.3, -0.25) is 9.48 Å². The van der Waals surface area contributed by atoms with Crippen molar-refractivity contribution in [1.82, 2.24) is 9.78 Å². The van der Waals surface area contributed by atoms with E-state index in [4.69, 9.17) is 0 Å². The molecule has 0 unspecified atom stereocenters. The van der Waals surface area contributed by atoms with E-state index in [-0.39, 0.29) is 11.9 Å². The number of nitrogens with zero attached hydrogens (tertiary/aromatic N) is 3. The number of anilines is 1. The van der Waals surface area contributed by atoms with E-state index in [1.807, 2.05) is 54.0 Å². The summed E-state index contributed by atoms with van der Waals surface area (Å²) in [6.45, 7) is 4.88. The monoisotopic (exact) mass is 301 g/mol. The number of carbonyl (C=O) groups excluding carboxylic acids is 1. The van der Waals surface area contributed by atoms with Crippen LogP contribution < -0.4 is 4.90 Å². The topological polar surface area (TPSA) is 38.1 Å². The highest BCUT2D eigenvalue weighted by Gasteiger charge is 2.28. The molecule has 1 amide bonds. The number of fused-ring (bicyclic) bond motifs is 1. The Bertz CT molecular complexity index is 626. The summed E-state index contributed by atoms with van der Waals surface area (Å²) >= 11 is 1.85. The third-order valence-electron chi connectivity index (χ3n) is 3.79. The maximum Gasteiger partial charge on any atom is 0.251 e. The van der Waals surface area contributed by atoms with Crippen LogP contribution in [0.25, 0.3) is 0 Å². The summed E-state index contributed by atoms with van der Waals surface area (Å²) < 4.78 is 1.71. The van der Waals surface area contributed by atoms with Crippen molar-refractivity contribution >= 4 is 23.4 Å². The fraction of sp³-hybridized carbons (Fsp3) is 0.375. The molecule has 1 aromatic heterocycles. The highest BCUT2D eigenvalue weighted by Crippen LogP contribution is 2.37. The van der Waals surface area contributed by atoms with Crippen molar-refractivity contribution in [2.75, 3.05) is 11.4 Å². The standard InChI is InChI=1S/C16H19N3OS/c1-12-8-11-18(14-6-3-4-7-15(14)21-12)16(20)13(2)19-10-5-9-17-19/h3-7,9-10,12-13H,8,11H2,1-2H3/t12-,13+/m0/s1. The third kappa shape index (κ3) is 2.83. The van der Waals surface area contributed by atoms with Crippen molar-refractivity contribution < 1.29 is 4.79 Å². The van der Waals surface area contributed by atoms with Gasteiger partial charge in [0.25, 0.3) is 5.91 Å². The Kier molecular flexibility index (Phi) is 4.01. The lowest BCUT2D eigenvalue weighted by Crippen LogP contribution is -2.37. The minimum absolute atomic E-state index is 0.0980. The minimum atomic E-state index is -0.286. The van der Waals surface area contributed by atoms with Crippen LogP contribution >= 0.6 is 11.8 Å². The Balaban J connectivity index is 1.92. The van der Waals surface area contributed by atoms with Crippen LogP contribution in [0.1, 0.15) is 26.3 Å². The first-order valence-corrected chi connectivity index (χ1v) is 8.11. The normalized spacial score (nSPS) is 19.7. The molecule has 2 aromatic rings. The molecule has 1 aliphatic heterocycles. The summed E-state index contributed by atoms with van der Waals surface area (Å²) in [6.07, 6.45) is 4.54. The maximum atomic E-state index is 12.9. The molecule has 0 saturated carbocycles. The Morgan fingerprint density at radius 1 is 1.38 bits per heavy atom. The number of para-hydroxylation sites is 1. The lowest BCUT2D eigenvalue weighted by molar-refractivity contribution is -0.121. The predicted molar refractivity (Wildman–Crippen MR) is 85.7 cm³/mol. The second-order valence-corrected chi connectivity index (χ2v) is 6.82. The van der Waals surface area contributed by atoms with Crippen molar-refractivity contribution in [3.63, 3.8) is 0 Å². The van der Waals surface area contributed by atoms with E-state index in [1.54, 1.807) is 10.9 Å². The van der Waals surface area contributed by atoms with Gasteiger partial charge in [-0.15, -0.1) is 11.8 Å². The van der Waals surface area contributed by atoms with E-state index in [1.165, 1.54) is 4.90 Å². The number of aromatic nitrogens is 2. The van der Waals surface area contributed by atoms with Gasteiger partial charge < -0.3 is 4.90 Å². The van der Waals surface area contributed by atoms with Crippen molar-refractivity contribution in [2.24, 2.45) is 0 Å². The molecule has 2 heterocycles. The molecule has 3 rings (SSSR count). The SMILES string of the molecule is C[C@H](C(=O)N1CC[C@H](C)Sc2ccccc21)n1cccn1. The van der Waals surface area contributed by atoms with Gasteiger partial charge in [0.2, 0.25) is 0 Å². The second kappa shape index (κ2) is 5.93. The zero-order chi connectivity index (χ0) is 14.8. The van der Waals surface area contributed by atoms with E-state index in [9.17, 15) is 4.79 Å². The largest absolute Gasteiger partial charge is 0.309 e. The number of rotatable bonds is 2. The van der Waals surface area contributed by atoms with Crippen LogP contribution in [0, 0.1) is 0 Å². The summed E-state index contributed by atoms with van der Waals surface area (Å²) in [6, 6.07) is 9.72. The van der Waals surface area contributed by atoms with Gasteiger partial charge in [0.1, 0.15) is 6.04 Å². The number of benzene rings is 1. The van der Waals surface area contributed by atoms with Crippen molar-refractivity contribution in [3.8, 4) is 0 Å². The average Bonchev–Trinajstić information content (AvgIpc) is 2.96. The molecule has 110 valence electrons. The smallest absolute Gasteiger partial charge is 0.251 e. The Labute approximate surface area is 129 Å². The second-order valence-electron chi connectivity index (χ2n) is 5.34. The molecular weight excluding hydrogens is 282 g/mol. The molecule has 0 N–H and O–H groups in total. The quantitative estimate of drug-likeness (QED) is 0.853. The van der Waals surface area contributed by atoms with Crippen molar-refractivity contribution in [1.29, 1.82) is 0 Å². The highest BCUT2D eigenvalue weighted by molar-refractivity contribution is 8.00. The van der Waals surface area contributed by atoms with Crippen LogP contribution in [0.5, 0.6) is 0 Å². The molecule has 4 nitrogen and oxygen atoms in total. The zero-order valence-corrected chi connectivity index (χ0v) is 13.1. The summed E-state index contributed by atoms with van der Waals surface area (Å²) in [5.41, 5.74) is 1.02. The summed E-state index contributed by atoms with van der Waals surface area (Å²) in [5.74, 6) is 0.0980. The van der Waals surface area contributed by atoms with E-state index in [2.05, 4.69) is 18.1 Å². The van der Waals surface area contributed by atoms with Crippen LogP contribution in [0.15, 0.2) is 47.6 Å². The highest BCUT2D eigenvalue weighted by atomic mass is 32.2. The molecule has 1 aliphatic rings. The van der Waals surface area contributed by atoms with Gasteiger partial charge in [0.05, 0.1) is 5.69 Å². The first-order valence-electron chi connectivity index (χ1n) is 7.23. The molecule has 5 heteroatoms.